The molecule has 42 heavy (non-hydrogen) atoms. The number of carbonyl (C=O) groups is 3. The molecule has 1 fully saturated rings. The predicted octanol–water partition coefficient (Wildman–Crippen LogP) is 4.69. The van der Waals surface area contributed by atoms with Gasteiger partial charge in [-0.15, -0.1) is 11.8 Å². The molecule has 1 unspecified atom stereocenters. The molecule has 0 aliphatic carbocycles. The maximum atomic E-state index is 13.9. The lowest BCUT2D eigenvalue weighted by Crippen LogP contribution is -2.53. The zero-order valence-electron chi connectivity index (χ0n) is 24.6. The summed E-state index contributed by atoms with van der Waals surface area (Å²) in [6.45, 7) is 9.53. The summed E-state index contributed by atoms with van der Waals surface area (Å²) in [5.74, 6) is 1.13. The molecule has 0 spiro atoms. The Bertz CT molecular complexity index is 1490. The third kappa shape index (κ3) is 6.01. The number of piperazine rings is 1. The van der Waals surface area contributed by atoms with Crippen molar-refractivity contribution in [3.8, 4) is 11.4 Å². The fourth-order valence-corrected chi connectivity index (χ4v) is 6.80. The highest BCUT2D eigenvalue weighted by atomic mass is 35.5. The normalized spacial score (nSPS) is 17.6. The SMILES string of the molecule is COc1ccc(-n2nc(C(C)(C)C)c3c2N(CC(=O)N2CCN(C(C)=O)CC2)C(=O)CSC3c2cccc(Cl)c2)cc1. The maximum absolute atomic E-state index is 13.9. The average molecular weight is 610 g/mol. The fourth-order valence-electron chi connectivity index (χ4n) is 5.42. The van der Waals surface area contributed by atoms with Gasteiger partial charge in [-0.2, -0.15) is 5.10 Å². The van der Waals surface area contributed by atoms with Crippen LogP contribution in [0.4, 0.5) is 5.82 Å². The van der Waals surface area contributed by atoms with Crippen LogP contribution in [-0.4, -0.2) is 82.9 Å². The second-order valence-corrected chi connectivity index (χ2v) is 13.1. The molecule has 1 aromatic heterocycles. The number of ether oxygens (including phenoxy) is 1. The summed E-state index contributed by atoms with van der Waals surface area (Å²) in [7, 11) is 1.61. The van der Waals surface area contributed by atoms with E-state index in [1.54, 1.807) is 26.5 Å². The second kappa shape index (κ2) is 12.0. The summed E-state index contributed by atoms with van der Waals surface area (Å²) in [5.41, 5.74) is 3.08. The number of fused-ring (bicyclic) bond motifs is 1. The number of halogens is 1. The van der Waals surface area contributed by atoms with Crippen LogP contribution in [0.5, 0.6) is 5.75 Å². The number of benzene rings is 2. The molecule has 9 nitrogen and oxygen atoms in total. The zero-order valence-corrected chi connectivity index (χ0v) is 26.2. The molecule has 0 saturated carbocycles. The van der Waals surface area contributed by atoms with E-state index in [4.69, 9.17) is 21.4 Å². The summed E-state index contributed by atoms with van der Waals surface area (Å²) in [5, 5.41) is 5.51. The van der Waals surface area contributed by atoms with Gasteiger partial charge in [0.25, 0.3) is 0 Å². The van der Waals surface area contributed by atoms with Crippen molar-refractivity contribution in [3.05, 3.63) is 70.4 Å². The van der Waals surface area contributed by atoms with Crippen LogP contribution in [0.1, 0.15) is 49.8 Å². The minimum absolute atomic E-state index is 0.00313. The lowest BCUT2D eigenvalue weighted by atomic mass is 9.87. The van der Waals surface area contributed by atoms with Gasteiger partial charge in [-0.25, -0.2) is 4.68 Å². The van der Waals surface area contributed by atoms with Crippen LogP contribution in [0.25, 0.3) is 5.69 Å². The number of carbonyl (C=O) groups excluding carboxylic acids is 3. The van der Waals surface area contributed by atoms with Crippen LogP contribution < -0.4 is 9.64 Å². The van der Waals surface area contributed by atoms with Crippen molar-refractivity contribution in [3.63, 3.8) is 0 Å². The molecule has 2 aromatic carbocycles. The fraction of sp³-hybridized carbons (Fsp3) is 0.419. The van der Waals surface area contributed by atoms with Crippen molar-refractivity contribution in [1.29, 1.82) is 0 Å². The summed E-state index contributed by atoms with van der Waals surface area (Å²) in [4.78, 5) is 44.5. The van der Waals surface area contributed by atoms with Crippen molar-refractivity contribution in [2.75, 3.05) is 50.5 Å². The Morgan fingerprint density at radius 1 is 1.05 bits per heavy atom. The van der Waals surface area contributed by atoms with Gasteiger partial charge < -0.3 is 14.5 Å². The van der Waals surface area contributed by atoms with Gasteiger partial charge in [-0.3, -0.25) is 19.3 Å². The lowest BCUT2D eigenvalue weighted by molar-refractivity contribution is -0.137. The number of hydrogen-bond acceptors (Lipinski definition) is 6. The average Bonchev–Trinajstić information content (AvgIpc) is 3.30. The van der Waals surface area contributed by atoms with E-state index >= 15 is 0 Å². The number of hydrogen-bond donors (Lipinski definition) is 0. The molecule has 3 aromatic rings. The largest absolute Gasteiger partial charge is 0.497 e. The Morgan fingerprint density at radius 2 is 1.71 bits per heavy atom. The minimum atomic E-state index is -0.370. The van der Waals surface area contributed by atoms with Gasteiger partial charge in [0.1, 0.15) is 18.1 Å². The number of thioether (sulfide) groups is 1. The van der Waals surface area contributed by atoms with E-state index in [1.165, 1.54) is 18.7 Å². The summed E-state index contributed by atoms with van der Waals surface area (Å²) >= 11 is 7.96. The van der Waals surface area contributed by atoms with Crippen LogP contribution in [-0.2, 0) is 19.8 Å². The van der Waals surface area contributed by atoms with Crippen molar-refractivity contribution in [2.45, 2.75) is 38.4 Å². The number of aromatic nitrogens is 2. The standard InChI is InChI=1S/C31H36ClN5O4S/c1-20(38)34-13-15-35(16-14-34)25(39)18-36-26(40)19-42-28(21-7-6-8-22(32)17-21)27-29(31(2,3)4)33-37(30(27)36)23-9-11-24(41-5)12-10-23/h6-12,17,28H,13-16,18-19H2,1-5H3. The molecule has 3 heterocycles. The molecule has 2 aliphatic rings. The summed E-state index contributed by atoms with van der Waals surface area (Å²) < 4.78 is 7.17. The molecule has 2 aliphatic heterocycles. The van der Waals surface area contributed by atoms with Gasteiger partial charge >= 0.3 is 0 Å². The predicted molar refractivity (Wildman–Crippen MR) is 166 cm³/mol. The molecule has 0 N–H and O–H groups in total. The number of nitrogens with zero attached hydrogens (tertiary/aromatic N) is 5. The summed E-state index contributed by atoms with van der Waals surface area (Å²) in [6, 6.07) is 15.2. The second-order valence-electron chi connectivity index (χ2n) is 11.6. The molecular weight excluding hydrogens is 574 g/mol. The van der Waals surface area contributed by atoms with Gasteiger partial charge in [0.05, 0.1) is 29.5 Å². The van der Waals surface area contributed by atoms with E-state index in [-0.39, 0.29) is 40.7 Å². The number of methoxy groups -OCH3 is 1. The zero-order chi connectivity index (χ0) is 30.2. The molecule has 222 valence electrons. The molecule has 0 bridgehead atoms. The highest BCUT2D eigenvalue weighted by Gasteiger charge is 2.40. The molecule has 11 heteroatoms. The smallest absolute Gasteiger partial charge is 0.242 e. The number of anilines is 1. The van der Waals surface area contributed by atoms with Crippen LogP contribution in [0.2, 0.25) is 5.02 Å². The highest BCUT2D eigenvalue weighted by Crippen LogP contribution is 2.48. The maximum Gasteiger partial charge on any atom is 0.242 e. The minimum Gasteiger partial charge on any atom is -0.497 e. The lowest BCUT2D eigenvalue weighted by Gasteiger charge is -2.35. The Hall–Kier alpha value is -3.50. The number of amides is 3. The first-order valence-electron chi connectivity index (χ1n) is 14.0. The van der Waals surface area contributed by atoms with E-state index in [9.17, 15) is 14.4 Å². The first-order valence-corrected chi connectivity index (χ1v) is 15.4. The monoisotopic (exact) mass is 609 g/mol. The van der Waals surface area contributed by atoms with Gasteiger partial charge in [0, 0.05) is 49.1 Å². The molecule has 5 rings (SSSR count). The highest BCUT2D eigenvalue weighted by molar-refractivity contribution is 8.00. The molecule has 1 atom stereocenters. The summed E-state index contributed by atoms with van der Waals surface area (Å²) in [6.07, 6.45) is 0. The molecular formula is C31H36ClN5O4S. The van der Waals surface area contributed by atoms with Crippen molar-refractivity contribution in [1.82, 2.24) is 19.6 Å². The third-order valence-corrected chi connectivity index (χ3v) is 9.13. The third-order valence-electron chi connectivity index (χ3n) is 7.64. The van der Waals surface area contributed by atoms with E-state index in [0.29, 0.717) is 42.8 Å². The Kier molecular flexibility index (Phi) is 8.57. The van der Waals surface area contributed by atoms with Gasteiger partial charge in [-0.05, 0) is 42.0 Å². The van der Waals surface area contributed by atoms with Crippen LogP contribution in [0.15, 0.2) is 48.5 Å². The molecule has 1 saturated heterocycles. The van der Waals surface area contributed by atoms with Crippen LogP contribution in [0.3, 0.4) is 0 Å². The van der Waals surface area contributed by atoms with E-state index in [1.807, 2.05) is 48.5 Å². The van der Waals surface area contributed by atoms with E-state index in [2.05, 4.69) is 20.8 Å². The van der Waals surface area contributed by atoms with Gasteiger partial charge in [-0.1, -0.05) is 44.5 Å². The Labute approximate surface area is 255 Å². The van der Waals surface area contributed by atoms with Gasteiger partial charge in [0.15, 0.2) is 0 Å². The Balaban J connectivity index is 1.65. The first kappa shape index (κ1) is 30.0. The first-order chi connectivity index (χ1) is 20.0. The van der Waals surface area contributed by atoms with Crippen LogP contribution >= 0.6 is 23.4 Å². The van der Waals surface area contributed by atoms with Crippen molar-refractivity contribution in [2.24, 2.45) is 0 Å². The Morgan fingerprint density at radius 3 is 2.31 bits per heavy atom. The quantitative estimate of drug-likeness (QED) is 0.417. The van der Waals surface area contributed by atoms with Crippen LogP contribution in [0, 0.1) is 0 Å². The molecule has 3 amide bonds. The van der Waals surface area contributed by atoms with E-state index in [0.717, 1.165) is 22.5 Å². The molecule has 0 radical (unpaired) electrons. The van der Waals surface area contributed by atoms with Crippen molar-refractivity contribution < 1.29 is 19.1 Å². The van der Waals surface area contributed by atoms with Gasteiger partial charge in [0.2, 0.25) is 17.7 Å². The topological polar surface area (TPSA) is 88.0 Å². The number of rotatable bonds is 5. The van der Waals surface area contributed by atoms with Crippen molar-refractivity contribution >= 4 is 46.9 Å². The van der Waals surface area contributed by atoms with E-state index < -0.39 is 0 Å².